The molecule has 0 saturated carbocycles. The van der Waals surface area contributed by atoms with E-state index in [4.69, 9.17) is 4.74 Å². The Balaban J connectivity index is 2.03. The molecule has 0 aromatic heterocycles. The third kappa shape index (κ3) is 4.95. The Bertz CT molecular complexity index is 678. The molecule has 0 aliphatic rings. The third-order valence-corrected chi connectivity index (χ3v) is 3.51. The van der Waals surface area contributed by atoms with Crippen LogP contribution in [-0.2, 0) is 0 Å². The van der Waals surface area contributed by atoms with Crippen LogP contribution in [0.2, 0.25) is 0 Å². The molecule has 0 spiro atoms. The maximum Gasteiger partial charge on any atom is 0.271 e. The minimum atomic E-state index is -0.235. The number of aryl methyl sites for hydroxylation is 1. The maximum atomic E-state index is 12.0. The van der Waals surface area contributed by atoms with Gasteiger partial charge in [0, 0.05) is 11.1 Å². The summed E-state index contributed by atoms with van der Waals surface area (Å²) in [6.45, 7) is 6.07. The molecule has 2 aromatic carbocycles. The monoisotopic (exact) mass is 310 g/mol. The summed E-state index contributed by atoms with van der Waals surface area (Å²) in [4.78, 5) is 12.0. The minimum Gasteiger partial charge on any atom is -0.490 e. The molecular weight excluding hydrogens is 288 g/mol. The molecule has 0 fully saturated rings. The van der Waals surface area contributed by atoms with Crippen molar-refractivity contribution < 1.29 is 9.53 Å². The van der Waals surface area contributed by atoms with Gasteiger partial charge in [0.1, 0.15) is 5.75 Å². The first-order chi connectivity index (χ1) is 11.1. The zero-order chi connectivity index (χ0) is 16.7. The molecule has 120 valence electrons. The van der Waals surface area contributed by atoms with Gasteiger partial charge in [0.25, 0.3) is 5.91 Å². The number of nitrogens with zero attached hydrogens (tertiary/aromatic N) is 1. The number of hydrogen-bond acceptors (Lipinski definition) is 3. The first kappa shape index (κ1) is 16.7. The highest BCUT2D eigenvalue weighted by molar-refractivity contribution is 5.95. The number of rotatable bonds is 6. The zero-order valence-electron chi connectivity index (χ0n) is 13.7. The predicted molar refractivity (Wildman–Crippen MR) is 93.1 cm³/mol. The molecule has 1 atom stereocenters. The average Bonchev–Trinajstić information content (AvgIpc) is 2.56. The molecule has 0 bridgehead atoms. The van der Waals surface area contributed by atoms with Gasteiger partial charge in [-0.1, -0.05) is 36.8 Å². The van der Waals surface area contributed by atoms with E-state index >= 15 is 0 Å². The topological polar surface area (TPSA) is 50.7 Å². The smallest absolute Gasteiger partial charge is 0.271 e. The fourth-order valence-corrected chi connectivity index (χ4v) is 1.92. The van der Waals surface area contributed by atoms with Crippen LogP contribution < -0.4 is 10.2 Å². The molecule has 23 heavy (non-hydrogen) atoms. The molecule has 2 aromatic rings. The van der Waals surface area contributed by atoms with Gasteiger partial charge < -0.3 is 4.74 Å². The largest absolute Gasteiger partial charge is 0.490 e. The summed E-state index contributed by atoms with van der Waals surface area (Å²) in [6, 6.07) is 15.0. The summed E-state index contributed by atoms with van der Waals surface area (Å²) in [7, 11) is 0. The second-order valence-electron chi connectivity index (χ2n) is 5.44. The molecule has 0 saturated heterocycles. The van der Waals surface area contributed by atoms with Crippen LogP contribution >= 0.6 is 0 Å². The number of hydrazone groups is 1. The third-order valence-electron chi connectivity index (χ3n) is 3.51. The van der Waals surface area contributed by atoms with Crippen molar-refractivity contribution in [3.05, 3.63) is 65.2 Å². The lowest BCUT2D eigenvalue weighted by atomic mass is 10.1. The van der Waals surface area contributed by atoms with E-state index in [0.717, 1.165) is 23.3 Å². The van der Waals surface area contributed by atoms with Crippen molar-refractivity contribution in [1.82, 2.24) is 5.43 Å². The fourth-order valence-electron chi connectivity index (χ4n) is 1.92. The maximum absolute atomic E-state index is 12.0. The summed E-state index contributed by atoms with van der Waals surface area (Å²) < 4.78 is 5.85. The molecule has 4 nitrogen and oxygen atoms in total. The number of benzene rings is 2. The van der Waals surface area contributed by atoms with Crippen LogP contribution in [0.4, 0.5) is 0 Å². The van der Waals surface area contributed by atoms with Crippen LogP contribution in [-0.4, -0.2) is 18.2 Å². The normalized spacial score (nSPS) is 12.1. The molecule has 0 aliphatic heterocycles. The van der Waals surface area contributed by atoms with E-state index in [1.165, 1.54) is 0 Å². The van der Waals surface area contributed by atoms with Gasteiger partial charge in [-0.05, 0) is 44.5 Å². The number of para-hydroxylation sites is 1. The molecular formula is C19H22N2O2. The van der Waals surface area contributed by atoms with Gasteiger partial charge in [0.15, 0.2) is 0 Å². The van der Waals surface area contributed by atoms with E-state index in [1.54, 1.807) is 18.3 Å². The Hall–Kier alpha value is -2.62. The van der Waals surface area contributed by atoms with Crippen molar-refractivity contribution >= 4 is 12.1 Å². The summed E-state index contributed by atoms with van der Waals surface area (Å²) in [5.74, 6) is 0.525. The van der Waals surface area contributed by atoms with Crippen molar-refractivity contribution in [2.45, 2.75) is 33.3 Å². The average molecular weight is 310 g/mol. The van der Waals surface area contributed by atoms with Gasteiger partial charge >= 0.3 is 0 Å². The quantitative estimate of drug-likeness (QED) is 0.649. The van der Waals surface area contributed by atoms with Gasteiger partial charge in [-0.2, -0.15) is 5.10 Å². The van der Waals surface area contributed by atoms with E-state index in [1.807, 2.05) is 50.2 Å². The van der Waals surface area contributed by atoms with Crippen LogP contribution in [0.25, 0.3) is 0 Å². The number of carbonyl (C=O) groups is 1. The lowest BCUT2D eigenvalue weighted by molar-refractivity contribution is 0.0955. The van der Waals surface area contributed by atoms with Crippen molar-refractivity contribution in [3.8, 4) is 5.75 Å². The van der Waals surface area contributed by atoms with E-state index in [2.05, 4.69) is 17.5 Å². The SMILES string of the molecule is CC[C@@H](C)Oc1ccccc1/C=N\NC(=O)c1ccc(C)cc1. The predicted octanol–water partition coefficient (Wildman–Crippen LogP) is 3.94. The first-order valence-corrected chi connectivity index (χ1v) is 7.76. The number of hydrogen-bond donors (Lipinski definition) is 1. The van der Waals surface area contributed by atoms with Crippen molar-refractivity contribution in [2.75, 3.05) is 0 Å². The molecule has 0 aliphatic carbocycles. The van der Waals surface area contributed by atoms with Gasteiger partial charge in [0.05, 0.1) is 12.3 Å². The Kier molecular flexibility index (Phi) is 5.92. The summed E-state index contributed by atoms with van der Waals surface area (Å²) in [5.41, 5.74) is 5.06. The van der Waals surface area contributed by atoms with Gasteiger partial charge in [-0.15, -0.1) is 0 Å². The second kappa shape index (κ2) is 8.13. The van der Waals surface area contributed by atoms with Crippen LogP contribution in [0.1, 0.15) is 41.8 Å². The molecule has 1 N–H and O–H groups in total. The number of carbonyl (C=O) groups excluding carboxylic acids is 1. The highest BCUT2D eigenvalue weighted by Gasteiger charge is 2.06. The number of ether oxygens (including phenoxy) is 1. The van der Waals surface area contributed by atoms with E-state index in [0.29, 0.717) is 5.56 Å². The summed E-state index contributed by atoms with van der Waals surface area (Å²) >= 11 is 0. The zero-order valence-corrected chi connectivity index (χ0v) is 13.7. The standard InChI is InChI=1S/C19H22N2O2/c1-4-15(3)23-18-8-6-5-7-17(18)13-20-21-19(22)16-11-9-14(2)10-12-16/h5-13,15H,4H2,1-3H3,(H,21,22)/b20-13-/t15-/m1/s1. The van der Waals surface area contributed by atoms with Crippen LogP contribution in [0.5, 0.6) is 5.75 Å². The Morgan fingerprint density at radius 3 is 2.61 bits per heavy atom. The highest BCUT2D eigenvalue weighted by Crippen LogP contribution is 2.18. The molecule has 2 rings (SSSR count). The first-order valence-electron chi connectivity index (χ1n) is 7.76. The molecule has 0 unspecified atom stereocenters. The summed E-state index contributed by atoms with van der Waals surface area (Å²) in [5, 5.41) is 4.03. The molecule has 0 radical (unpaired) electrons. The lowest BCUT2D eigenvalue weighted by Crippen LogP contribution is -2.17. The van der Waals surface area contributed by atoms with E-state index in [-0.39, 0.29) is 12.0 Å². The Morgan fingerprint density at radius 2 is 1.91 bits per heavy atom. The molecule has 1 amide bonds. The van der Waals surface area contributed by atoms with Gasteiger partial charge in [0.2, 0.25) is 0 Å². The lowest BCUT2D eigenvalue weighted by Gasteiger charge is -2.14. The number of amides is 1. The van der Waals surface area contributed by atoms with Gasteiger partial charge in [-0.3, -0.25) is 4.79 Å². The Labute approximate surface area is 137 Å². The second-order valence-corrected chi connectivity index (χ2v) is 5.44. The minimum absolute atomic E-state index is 0.131. The number of nitrogens with one attached hydrogen (secondary N) is 1. The van der Waals surface area contributed by atoms with E-state index in [9.17, 15) is 4.79 Å². The van der Waals surface area contributed by atoms with Crippen molar-refractivity contribution in [2.24, 2.45) is 5.10 Å². The van der Waals surface area contributed by atoms with E-state index < -0.39 is 0 Å². The molecule has 0 heterocycles. The van der Waals surface area contributed by atoms with Crippen molar-refractivity contribution in [1.29, 1.82) is 0 Å². The van der Waals surface area contributed by atoms with Crippen LogP contribution in [0.15, 0.2) is 53.6 Å². The molecule has 4 heteroatoms. The summed E-state index contributed by atoms with van der Waals surface area (Å²) in [6.07, 6.45) is 2.66. The van der Waals surface area contributed by atoms with Crippen LogP contribution in [0.3, 0.4) is 0 Å². The van der Waals surface area contributed by atoms with Crippen molar-refractivity contribution in [3.63, 3.8) is 0 Å². The van der Waals surface area contributed by atoms with Gasteiger partial charge in [-0.25, -0.2) is 5.43 Å². The fraction of sp³-hybridized carbons (Fsp3) is 0.263. The van der Waals surface area contributed by atoms with Crippen LogP contribution in [0, 0.1) is 6.92 Å². The highest BCUT2D eigenvalue weighted by atomic mass is 16.5. The Morgan fingerprint density at radius 1 is 1.22 bits per heavy atom.